The van der Waals surface area contributed by atoms with Crippen molar-refractivity contribution in [3.05, 3.63) is 75.5 Å². The molecule has 7 nitrogen and oxygen atoms in total. The molecule has 3 aromatic rings. The van der Waals surface area contributed by atoms with E-state index in [0.717, 1.165) is 25.5 Å². The number of benzene rings is 1. The monoisotopic (exact) mass is 519 g/mol. The number of imidazole rings is 1. The number of hydrogen-bond donors (Lipinski definition) is 3. The van der Waals surface area contributed by atoms with Gasteiger partial charge in [0.05, 0.1) is 13.1 Å². The van der Waals surface area contributed by atoms with E-state index in [0.29, 0.717) is 18.5 Å². The number of nitrogens with zero attached hydrogens (tertiary/aromatic N) is 4. The van der Waals surface area contributed by atoms with E-state index in [1.54, 1.807) is 11.1 Å². The normalized spacial score (nSPS) is 18.5. The second kappa shape index (κ2) is 11.9. The second-order valence-electron chi connectivity index (χ2n) is 11.1. The Labute approximate surface area is 225 Å². The van der Waals surface area contributed by atoms with Crippen LogP contribution in [-0.4, -0.2) is 63.2 Å². The lowest BCUT2D eigenvalue weighted by Crippen LogP contribution is -2.46. The molecule has 2 saturated heterocycles. The van der Waals surface area contributed by atoms with Crippen molar-refractivity contribution < 1.29 is 0 Å². The molecule has 2 fully saturated rings. The molecule has 2 aliphatic rings. The van der Waals surface area contributed by atoms with Gasteiger partial charge in [-0.2, -0.15) is 0 Å². The number of rotatable bonds is 10. The average molecular weight is 520 g/mol. The molecule has 0 unspecified atom stereocenters. The number of likely N-dealkylation sites (tertiary alicyclic amines) is 2. The van der Waals surface area contributed by atoms with Crippen molar-refractivity contribution in [2.75, 3.05) is 32.7 Å². The molecule has 0 bridgehead atoms. The first-order valence-electron chi connectivity index (χ1n) is 13.6. The highest BCUT2D eigenvalue weighted by Gasteiger charge is 2.37. The third kappa shape index (κ3) is 7.08. The summed E-state index contributed by atoms with van der Waals surface area (Å²) >= 11 is 1.91. The lowest BCUT2D eigenvalue weighted by Gasteiger charge is -2.47. The molecule has 0 saturated carbocycles. The van der Waals surface area contributed by atoms with Crippen LogP contribution in [0.1, 0.15) is 53.1 Å². The molecule has 2 aliphatic heterocycles. The van der Waals surface area contributed by atoms with E-state index in [9.17, 15) is 0 Å². The first kappa shape index (κ1) is 26.1. The van der Waals surface area contributed by atoms with Crippen LogP contribution in [0, 0.1) is 17.7 Å². The van der Waals surface area contributed by atoms with Crippen LogP contribution in [0.15, 0.2) is 48.1 Å². The van der Waals surface area contributed by atoms with Gasteiger partial charge < -0.3 is 10.7 Å². The summed E-state index contributed by atoms with van der Waals surface area (Å²) in [5, 5.41) is 9.95. The minimum absolute atomic E-state index is 0.175. The summed E-state index contributed by atoms with van der Waals surface area (Å²) < 4.78 is 0. The van der Waals surface area contributed by atoms with Crippen molar-refractivity contribution in [2.45, 2.75) is 58.8 Å². The predicted molar refractivity (Wildman–Crippen MR) is 152 cm³/mol. The molecule has 4 N–H and O–H groups in total. The molecule has 5 rings (SSSR count). The summed E-state index contributed by atoms with van der Waals surface area (Å²) in [4.78, 5) is 16.5. The topological polar surface area (TPSA) is 88.3 Å². The summed E-state index contributed by atoms with van der Waals surface area (Å²) in [5.41, 5.74) is 10.3. The molecule has 4 heterocycles. The fourth-order valence-electron chi connectivity index (χ4n) is 5.91. The van der Waals surface area contributed by atoms with Crippen molar-refractivity contribution >= 4 is 17.2 Å². The van der Waals surface area contributed by atoms with Crippen molar-refractivity contribution in [3.63, 3.8) is 0 Å². The molecular weight excluding hydrogens is 478 g/mol. The van der Waals surface area contributed by atoms with Crippen molar-refractivity contribution in [3.8, 4) is 0 Å². The summed E-state index contributed by atoms with van der Waals surface area (Å²) in [7, 11) is 0. The summed E-state index contributed by atoms with van der Waals surface area (Å²) in [6.45, 7) is 11.2. The average Bonchev–Trinajstić information content (AvgIpc) is 3.55. The first-order valence-corrected chi connectivity index (χ1v) is 14.4. The molecule has 198 valence electrons. The predicted octanol–water partition coefficient (Wildman–Crippen LogP) is 4.60. The molecular formula is C29H41N7S. The van der Waals surface area contributed by atoms with Gasteiger partial charge in [-0.25, -0.2) is 4.98 Å². The highest BCUT2D eigenvalue weighted by atomic mass is 32.1. The molecule has 1 aromatic carbocycles. The Morgan fingerprint density at radius 1 is 1.00 bits per heavy atom. The number of hydrogen-bond acceptors (Lipinski definition) is 6. The van der Waals surface area contributed by atoms with E-state index in [1.165, 1.54) is 68.6 Å². The number of aromatic nitrogens is 2. The first-order chi connectivity index (χ1) is 18.0. The van der Waals surface area contributed by atoms with E-state index in [4.69, 9.17) is 11.1 Å². The minimum Gasteiger partial charge on any atom is -0.387 e. The third-order valence-corrected chi connectivity index (χ3v) is 9.33. The molecule has 2 aromatic heterocycles. The van der Waals surface area contributed by atoms with Crippen LogP contribution in [0.25, 0.3) is 0 Å². The Balaban J connectivity index is 1.07. The molecule has 0 radical (unpaired) electrons. The van der Waals surface area contributed by atoms with E-state index in [-0.39, 0.29) is 5.84 Å². The van der Waals surface area contributed by atoms with Crippen LogP contribution >= 0.6 is 11.3 Å². The van der Waals surface area contributed by atoms with Gasteiger partial charge in [-0.3, -0.25) is 20.1 Å². The summed E-state index contributed by atoms with van der Waals surface area (Å²) in [6, 6.07) is 11.2. The van der Waals surface area contributed by atoms with Crippen LogP contribution < -0.4 is 5.73 Å². The Bertz CT molecular complexity index is 1120. The molecule has 1 spiro atoms. The van der Waals surface area contributed by atoms with Gasteiger partial charge >= 0.3 is 0 Å². The van der Waals surface area contributed by atoms with Crippen molar-refractivity contribution in [1.29, 1.82) is 5.41 Å². The Morgan fingerprint density at radius 3 is 2.22 bits per heavy atom. The summed E-state index contributed by atoms with van der Waals surface area (Å²) in [6.07, 6.45) is 8.97. The largest absolute Gasteiger partial charge is 0.387 e. The van der Waals surface area contributed by atoms with Crippen LogP contribution in [-0.2, 0) is 26.2 Å². The molecule has 0 amide bonds. The van der Waals surface area contributed by atoms with Gasteiger partial charge in [0, 0.05) is 36.9 Å². The highest BCUT2D eigenvalue weighted by molar-refractivity contribution is 7.10. The van der Waals surface area contributed by atoms with E-state index in [1.807, 2.05) is 17.5 Å². The molecule has 37 heavy (non-hydrogen) atoms. The maximum Gasteiger partial charge on any atom is 0.120 e. The van der Waals surface area contributed by atoms with Crippen molar-refractivity contribution in [2.24, 2.45) is 11.1 Å². The SMILES string of the molecule is Cc1ccsc1CN1CCC2(CCN(Cc3ccc(CN(CC(=N)N)Cc4ncc[nH]4)cc3)CC2)CC1. The zero-order chi connectivity index (χ0) is 25.7. The minimum atomic E-state index is 0.175. The zero-order valence-corrected chi connectivity index (χ0v) is 22.9. The van der Waals surface area contributed by atoms with Crippen LogP contribution in [0.5, 0.6) is 0 Å². The van der Waals surface area contributed by atoms with Gasteiger partial charge in [-0.1, -0.05) is 24.3 Å². The Hall–Kier alpha value is -2.52. The van der Waals surface area contributed by atoms with Crippen molar-refractivity contribution in [1.82, 2.24) is 24.7 Å². The fourth-order valence-corrected chi connectivity index (χ4v) is 6.86. The Kier molecular flexibility index (Phi) is 8.39. The number of piperidine rings is 2. The third-order valence-electron chi connectivity index (χ3n) is 8.33. The number of thiophene rings is 1. The van der Waals surface area contributed by atoms with E-state index in [2.05, 4.69) is 67.3 Å². The summed E-state index contributed by atoms with van der Waals surface area (Å²) in [5.74, 6) is 1.07. The lowest BCUT2D eigenvalue weighted by molar-refractivity contribution is 0.0302. The standard InChI is InChI=1S/C29H41N7S/c1-23-6-17-37-26(23)20-35-15-9-29(10-16-35)7-13-34(14-8-29)18-24-2-4-25(5-3-24)19-36(21-27(30)31)22-28-32-11-12-33-28/h2-6,11-12,17H,7-10,13-16,18-22H2,1H3,(H3,30,31)(H,32,33). The van der Waals surface area contributed by atoms with Gasteiger partial charge in [0.1, 0.15) is 11.7 Å². The highest BCUT2D eigenvalue weighted by Crippen LogP contribution is 2.42. The van der Waals surface area contributed by atoms with Gasteiger partial charge in [0.2, 0.25) is 0 Å². The van der Waals surface area contributed by atoms with Gasteiger partial charge in [-0.05, 0) is 92.3 Å². The second-order valence-corrected chi connectivity index (χ2v) is 12.1. The zero-order valence-electron chi connectivity index (χ0n) is 22.1. The number of aryl methyl sites for hydroxylation is 1. The van der Waals surface area contributed by atoms with Crippen LogP contribution in [0.3, 0.4) is 0 Å². The van der Waals surface area contributed by atoms with Gasteiger partial charge in [0.15, 0.2) is 0 Å². The maximum atomic E-state index is 7.72. The number of aromatic amines is 1. The van der Waals surface area contributed by atoms with Gasteiger partial charge in [-0.15, -0.1) is 11.3 Å². The van der Waals surface area contributed by atoms with Crippen LogP contribution in [0.4, 0.5) is 0 Å². The quantitative estimate of drug-likeness (QED) is 0.269. The molecule has 0 aliphatic carbocycles. The molecule has 8 heteroatoms. The number of H-pyrrole nitrogens is 1. The number of amidine groups is 1. The van der Waals surface area contributed by atoms with Crippen LogP contribution in [0.2, 0.25) is 0 Å². The van der Waals surface area contributed by atoms with Gasteiger partial charge in [0.25, 0.3) is 0 Å². The van der Waals surface area contributed by atoms with E-state index < -0.39 is 0 Å². The Morgan fingerprint density at radius 2 is 1.65 bits per heavy atom. The lowest BCUT2D eigenvalue weighted by atomic mass is 9.71. The molecule has 0 atom stereocenters. The smallest absolute Gasteiger partial charge is 0.120 e. The van der Waals surface area contributed by atoms with E-state index >= 15 is 0 Å². The maximum absolute atomic E-state index is 7.72. The number of nitrogens with two attached hydrogens (primary N) is 1. The fraction of sp³-hybridized carbons (Fsp3) is 0.517. The number of nitrogens with one attached hydrogen (secondary N) is 2.